The first-order chi connectivity index (χ1) is 10.1. The molecular formula is C17H21ClN2O. The Kier molecular flexibility index (Phi) is 5.34. The van der Waals surface area contributed by atoms with Gasteiger partial charge in [-0.15, -0.1) is 0 Å². The lowest BCUT2D eigenvalue weighted by Gasteiger charge is -2.15. The van der Waals surface area contributed by atoms with Gasteiger partial charge in [-0.1, -0.05) is 23.7 Å². The molecule has 0 aliphatic rings. The van der Waals surface area contributed by atoms with E-state index < -0.39 is 0 Å². The van der Waals surface area contributed by atoms with Gasteiger partial charge >= 0.3 is 0 Å². The number of benzene rings is 2. The van der Waals surface area contributed by atoms with Crippen LogP contribution in [0, 0.1) is 0 Å². The summed E-state index contributed by atoms with van der Waals surface area (Å²) in [6.07, 6.45) is 0. The molecule has 0 saturated heterocycles. The molecule has 112 valence electrons. The molecule has 0 atom stereocenters. The maximum atomic E-state index is 6.26. The van der Waals surface area contributed by atoms with Crippen molar-refractivity contribution in [1.29, 1.82) is 0 Å². The second kappa shape index (κ2) is 7.23. The molecule has 0 amide bonds. The summed E-state index contributed by atoms with van der Waals surface area (Å²) in [5.41, 5.74) is 3.23. The van der Waals surface area contributed by atoms with Crippen molar-refractivity contribution < 1.29 is 4.74 Å². The Balaban J connectivity index is 1.98. The number of hydrogen-bond acceptors (Lipinski definition) is 3. The number of hydrogen-bond donors (Lipinski definition) is 1. The summed E-state index contributed by atoms with van der Waals surface area (Å²) in [7, 11) is 3.96. The lowest BCUT2D eigenvalue weighted by molar-refractivity contribution is 0.340. The van der Waals surface area contributed by atoms with Crippen molar-refractivity contribution in [3.05, 3.63) is 53.1 Å². The fraction of sp³-hybridized carbons (Fsp3) is 0.294. The van der Waals surface area contributed by atoms with Crippen molar-refractivity contribution in [1.82, 2.24) is 0 Å². The number of anilines is 2. The van der Waals surface area contributed by atoms with Gasteiger partial charge in [-0.05, 0) is 42.8 Å². The van der Waals surface area contributed by atoms with E-state index in [1.807, 2.05) is 56.3 Å². The molecule has 1 N–H and O–H groups in total. The van der Waals surface area contributed by atoms with Crippen LogP contribution in [-0.2, 0) is 6.54 Å². The van der Waals surface area contributed by atoms with E-state index >= 15 is 0 Å². The fourth-order valence-corrected chi connectivity index (χ4v) is 2.40. The largest absolute Gasteiger partial charge is 0.494 e. The van der Waals surface area contributed by atoms with Crippen LogP contribution in [-0.4, -0.2) is 20.7 Å². The van der Waals surface area contributed by atoms with Crippen molar-refractivity contribution in [3.63, 3.8) is 0 Å². The van der Waals surface area contributed by atoms with Gasteiger partial charge in [0.15, 0.2) is 0 Å². The third-order valence-corrected chi connectivity index (χ3v) is 3.46. The summed E-state index contributed by atoms with van der Waals surface area (Å²) in [6.45, 7) is 3.43. The van der Waals surface area contributed by atoms with Crippen molar-refractivity contribution in [2.24, 2.45) is 0 Å². The predicted molar refractivity (Wildman–Crippen MR) is 90.7 cm³/mol. The molecular weight excluding hydrogens is 284 g/mol. The van der Waals surface area contributed by atoms with Gasteiger partial charge in [-0.2, -0.15) is 0 Å². The van der Waals surface area contributed by atoms with Gasteiger partial charge in [-0.25, -0.2) is 0 Å². The second-order valence-corrected chi connectivity index (χ2v) is 5.40. The minimum Gasteiger partial charge on any atom is -0.494 e. The first-order valence-corrected chi connectivity index (χ1v) is 7.40. The maximum absolute atomic E-state index is 6.26. The highest BCUT2D eigenvalue weighted by Crippen LogP contribution is 2.27. The van der Waals surface area contributed by atoms with Crippen LogP contribution in [0.2, 0.25) is 5.02 Å². The van der Waals surface area contributed by atoms with E-state index in [-0.39, 0.29) is 0 Å². The van der Waals surface area contributed by atoms with E-state index in [2.05, 4.69) is 17.4 Å². The first kappa shape index (κ1) is 15.5. The molecule has 0 heterocycles. The third-order valence-electron chi connectivity index (χ3n) is 3.16. The summed E-state index contributed by atoms with van der Waals surface area (Å²) in [5.74, 6) is 0.902. The van der Waals surface area contributed by atoms with Crippen molar-refractivity contribution >= 4 is 23.0 Å². The standard InChI is InChI=1S/C17H21ClN2O/c1-4-21-15-8-5-13(6-9-15)12-19-14-7-10-17(20(2)3)16(18)11-14/h5-11,19H,4,12H2,1-3H3. The number of halogens is 1. The Morgan fingerprint density at radius 3 is 2.38 bits per heavy atom. The highest BCUT2D eigenvalue weighted by atomic mass is 35.5. The summed E-state index contributed by atoms with van der Waals surface area (Å²) in [5, 5.41) is 4.12. The quantitative estimate of drug-likeness (QED) is 0.855. The Hall–Kier alpha value is -1.87. The molecule has 0 spiro atoms. The molecule has 0 unspecified atom stereocenters. The molecule has 0 aliphatic heterocycles. The van der Waals surface area contributed by atoms with Crippen LogP contribution in [0.3, 0.4) is 0 Å². The molecule has 2 aromatic carbocycles. The van der Waals surface area contributed by atoms with E-state index in [4.69, 9.17) is 16.3 Å². The Morgan fingerprint density at radius 1 is 1.10 bits per heavy atom. The molecule has 0 radical (unpaired) electrons. The zero-order valence-corrected chi connectivity index (χ0v) is 13.4. The smallest absolute Gasteiger partial charge is 0.119 e. The average Bonchev–Trinajstić information content (AvgIpc) is 2.46. The van der Waals surface area contributed by atoms with Gasteiger partial charge in [0.05, 0.1) is 17.3 Å². The summed E-state index contributed by atoms with van der Waals surface area (Å²) in [6, 6.07) is 14.1. The van der Waals surface area contributed by atoms with E-state index in [0.29, 0.717) is 6.61 Å². The van der Waals surface area contributed by atoms with E-state index in [9.17, 15) is 0 Å². The van der Waals surface area contributed by atoms with Crippen LogP contribution in [0.4, 0.5) is 11.4 Å². The molecule has 0 aliphatic carbocycles. The summed E-state index contributed by atoms with van der Waals surface area (Å²) >= 11 is 6.26. The lowest BCUT2D eigenvalue weighted by Crippen LogP contribution is -2.09. The second-order valence-electron chi connectivity index (χ2n) is 4.99. The normalized spacial score (nSPS) is 10.3. The van der Waals surface area contributed by atoms with Gasteiger partial charge in [0, 0.05) is 26.3 Å². The Bertz CT molecular complexity index is 582. The van der Waals surface area contributed by atoms with Crippen LogP contribution in [0.5, 0.6) is 5.75 Å². The van der Waals surface area contributed by atoms with Crippen LogP contribution < -0.4 is 15.0 Å². The fourth-order valence-electron chi connectivity index (χ4n) is 2.05. The Morgan fingerprint density at radius 2 is 1.81 bits per heavy atom. The maximum Gasteiger partial charge on any atom is 0.119 e. The van der Waals surface area contributed by atoms with Crippen molar-refractivity contribution in [3.8, 4) is 5.75 Å². The summed E-state index contributed by atoms with van der Waals surface area (Å²) < 4.78 is 5.43. The zero-order chi connectivity index (χ0) is 15.2. The lowest BCUT2D eigenvalue weighted by atomic mass is 10.2. The highest BCUT2D eigenvalue weighted by Gasteiger charge is 2.03. The molecule has 21 heavy (non-hydrogen) atoms. The van der Waals surface area contributed by atoms with Crippen LogP contribution in [0.15, 0.2) is 42.5 Å². The minimum atomic E-state index is 0.689. The van der Waals surface area contributed by atoms with Gasteiger partial charge in [0.25, 0.3) is 0 Å². The summed E-state index contributed by atoms with van der Waals surface area (Å²) in [4.78, 5) is 2.00. The highest BCUT2D eigenvalue weighted by molar-refractivity contribution is 6.33. The molecule has 2 rings (SSSR count). The zero-order valence-electron chi connectivity index (χ0n) is 12.7. The Labute approximate surface area is 131 Å². The number of ether oxygens (including phenoxy) is 1. The molecule has 4 heteroatoms. The first-order valence-electron chi connectivity index (χ1n) is 7.02. The average molecular weight is 305 g/mol. The number of nitrogens with one attached hydrogen (secondary N) is 1. The number of rotatable bonds is 6. The van der Waals surface area contributed by atoms with Crippen LogP contribution in [0.25, 0.3) is 0 Å². The SMILES string of the molecule is CCOc1ccc(CNc2ccc(N(C)C)c(Cl)c2)cc1. The van der Waals surface area contributed by atoms with E-state index in [0.717, 1.165) is 28.7 Å². The molecule has 3 nitrogen and oxygen atoms in total. The topological polar surface area (TPSA) is 24.5 Å². The molecule has 0 aromatic heterocycles. The molecule has 0 saturated carbocycles. The minimum absolute atomic E-state index is 0.689. The monoisotopic (exact) mass is 304 g/mol. The third kappa shape index (κ3) is 4.30. The van der Waals surface area contributed by atoms with Gasteiger partial charge in [-0.3, -0.25) is 0 Å². The van der Waals surface area contributed by atoms with Crippen molar-refractivity contribution in [2.45, 2.75) is 13.5 Å². The number of nitrogens with zero attached hydrogens (tertiary/aromatic N) is 1. The van der Waals surface area contributed by atoms with E-state index in [1.165, 1.54) is 5.56 Å². The van der Waals surface area contributed by atoms with Crippen LogP contribution in [0.1, 0.15) is 12.5 Å². The molecule has 2 aromatic rings. The van der Waals surface area contributed by atoms with Gasteiger partial charge in [0.1, 0.15) is 5.75 Å². The molecule has 0 fully saturated rings. The van der Waals surface area contributed by atoms with Crippen molar-refractivity contribution in [2.75, 3.05) is 30.9 Å². The van der Waals surface area contributed by atoms with Gasteiger partial charge in [0.2, 0.25) is 0 Å². The van der Waals surface area contributed by atoms with E-state index in [1.54, 1.807) is 0 Å². The predicted octanol–water partition coefficient (Wildman–Crippen LogP) is 4.42. The van der Waals surface area contributed by atoms with Gasteiger partial charge < -0.3 is 15.0 Å². The van der Waals surface area contributed by atoms with Crippen LogP contribution >= 0.6 is 11.6 Å². The molecule has 0 bridgehead atoms.